The first-order chi connectivity index (χ1) is 14.0. The van der Waals surface area contributed by atoms with Crippen molar-refractivity contribution in [1.29, 1.82) is 0 Å². The van der Waals surface area contributed by atoms with Crippen molar-refractivity contribution in [2.75, 3.05) is 10.6 Å². The summed E-state index contributed by atoms with van der Waals surface area (Å²) in [6, 6.07) is 5.12. The highest BCUT2D eigenvalue weighted by molar-refractivity contribution is 6.55. The standard InChI is InChI=1S/C19H13Cl4N3O4/c1-7(17(28)25-10-5-3-9(4-6-10)24-8(2)27)26-18(29)11-12(19(26)30)14(21)16(23)15(22)13(11)20/h3-7H,1-2H3,(H,24,27)(H,25,28). The van der Waals surface area contributed by atoms with E-state index >= 15 is 0 Å². The van der Waals surface area contributed by atoms with E-state index in [1.165, 1.54) is 13.8 Å². The van der Waals surface area contributed by atoms with E-state index in [9.17, 15) is 19.2 Å². The van der Waals surface area contributed by atoms with Gasteiger partial charge in [0.15, 0.2) is 0 Å². The molecule has 0 saturated carbocycles. The van der Waals surface area contributed by atoms with Gasteiger partial charge >= 0.3 is 0 Å². The van der Waals surface area contributed by atoms with Crippen LogP contribution in [0.3, 0.4) is 0 Å². The van der Waals surface area contributed by atoms with Crippen molar-refractivity contribution in [1.82, 2.24) is 4.90 Å². The maximum atomic E-state index is 12.8. The van der Waals surface area contributed by atoms with Gasteiger partial charge in [-0.05, 0) is 31.2 Å². The third kappa shape index (κ3) is 3.86. The summed E-state index contributed by atoms with van der Waals surface area (Å²) in [4.78, 5) is 50.1. The number of imide groups is 1. The molecule has 0 spiro atoms. The molecule has 0 aromatic heterocycles. The Morgan fingerprint density at radius 1 is 0.800 bits per heavy atom. The molecule has 30 heavy (non-hydrogen) atoms. The molecule has 2 N–H and O–H groups in total. The minimum Gasteiger partial charge on any atom is -0.326 e. The van der Waals surface area contributed by atoms with Gasteiger partial charge in [0, 0.05) is 18.3 Å². The zero-order chi connectivity index (χ0) is 22.3. The van der Waals surface area contributed by atoms with Crippen LogP contribution in [0.25, 0.3) is 0 Å². The lowest BCUT2D eigenvalue weighted by Crippen LogP contribution is -2.45. The number of fused-ring (bicyclic) bond motifs is 1. The van der Waals surface area contributed by atoms with Gasteiger partial charge in [0.1, 0.15) is 6.04 Å². The fourth-order valence-corrected chi connectivity index (χ4v) is 3.94. The number of nitrogens with one attached hydrogen (secondary N) is 2. The lowest BCUT2D eigenvalue weighted by Gasteiger charge is -2.21. The van der Waals surface area contributed by atoms with Crippen LogP contribution in [0.1, 0.15) is 34.6 Å². The summed E-state index contributed by atoms with van der Waals surface area (Å²) in [6.45, 7) is 2.76. The van der Waals surface area contributed by atoms with E-state index < -0.39 is 23.8 Å². The highest BCUT2D eigenvalue weighted by Gasteiger charge is 2.45. The van der Waals surface area contributed by atoms with Crippen LogP contribution in [0, 0.1) is 0 Å². The summed E-state index contributed by atoms with van der Waals surface area (Å²) in [5.41, 5.74) is 0.562. The van der Waals surface area contributed by atoms with Crippen LogP contribution in [-0.4, -0.2) is 34.6 Å². The number of nitrogens with zero attached hydrogens (tertiary/aromatic N) is 1. The molecule has 1 atom stereocenters. The predicted octanol–water partition coefficient (Wildman–Crippen LogP) is 4.88. The Morgan fingerprint density at radius 2 is 1.20 bits per heavy atom. The number of hydrogen-bond donors (Lipinski definition) is 2. The SMILES string of the molecule is CC(=O)Nc1ccc(NC(=O)C(C)N2C(=O)c3c(Cl)c(Cl)c(Cl)c(Cl)c3C2=O)cc1. The van der Waals surface area contributed by atoms with E-state index in [-0.39, 0.29) is 37.1 Å². The largest absolute Gasteiger partial charge is 0.326 e. The fourth-order valence-electron chi connectivity index (χ4n) is 2.92. The topological polar surface area (TPSA) is 95.6 Å². The summed E-state index contributed by atoms with van der Waals surface area (Å²) >= 11 is 24.2. The Morgan fingerprint density at radius 3 is 1.60 bits per heavy atom. The first kappa shape index (κ1) is 22.4. The van der Waals surface area contributed by atoms with Gasteiger partial charge in [-0.3, -0.25) is 24.1 Å². The normalized spacial score (nSPS) is 13.9. The van der Waals surface area contributed by atoms with Crippen molar-refractivity contribution in [2.45, 2.75) is 19.9 Å². The van der Waals surface area contributed by atoms with Gasteiger partial charge in [0.05, 0.1) is 31.2 Å². The molecule has 3 rings (SSSR count). The number of benzene rings is 2. The van der Waals surface area contributed by atoms with Crippen LogP contribution in [0.4, 0.5) is 11.4 Å². The van der Waals surface area contributed by atoms with Gasteiger partial charge in [-0.15, -0.1) is 0 Å². The first-order valence-electron chi connectivity index (χ1n) is 8.47. The lowest BCUT2D eigenvalue weighted by atomic mass is 10.1. The number of halogens is 4. The molecule has 11 heteroatoms. The molecule has 1 aliphatic rings. The second kappa shape index (κ2) is 8.43. The van der Waals surface area contributed by atoms with Gasteiger partial charge in [-0.25, -0.2) is 0 Å². The molecule has 0 fully saturated rings. The van der Waals surface area contributed by atoms with E-state index in [4.69, 9.17) is 46.4 Å². The first-order valence-corrected chi connectivity index (χ1v) is 9.98. The molecule has 1 unspecified atom stereocenters. The molecule has 7 nitrogen and oxygen atoms in total. The highest BCUT2D eigenvalue weighted by atomic mass is 35.5. The van der Waals surface area contributed by atoms with Crippen molar-refractivity contribution in [2.24, 2.45) is 0 Å². The maximum Gasteiger partial charge on any atom is 0.263 e. The Labute approximate surface area is 191 Å². The number of carbonyl (C=O) groups excluding carboxylic acids is 4. The Hall–Kier alpha value is -2.32. The van der Waals surface area contributed by atoms with Crippen LogP contribution >= 0.6 is 46.4 Å². The Balaban J connectivity index is 1.84. The van der Waals surface area contributed by atoms with Crippen molar-refractivity contribution < 1.29 is 19.2 Å². The number of rotatable bonds is 4. The Kier molecular flexibility index (Phi) is 6.29. The predicted molar refractivity (Wildman–Crippen MR) is 116 cm³/mol. The quantitative estimate of drug-likeness (QED) is 0.364. The maximum absolute atomic E-state index is 12.8. The highest BCUT2D eigenvalue weighted by Crippen LogP contribution is 2.45. The number of anilines is 2. The summed E-state index contributed by atoms with van der Waals surface area (Å²) in [5.74, 6) is -2.46. The Bertz CT molecular complexity index is 1060. The van der Waals surface area contributed by atoms with Gasteiger partial charge in [-0.1, -0.05) is 46.4 Å². The van der Waals surface area contributed by atoms with Crippen LogP contribution < -0.4 is 10.6 Å². The molecular formula is C19H13Cl4N3O4. The molecule has 2 aromatic carbocycles. The third-order valence-electron chi connectivity index (χ3n) is 4.37. The van der Waals surface area contributed by atoms with Crippen LogP contribution in [0.2, 0.25) is 20.1 Å². The van der Waals surface area contributed by atoms with Crippen molar-refractivity contribution in [3.8, 4) is 0 Å². The molecule has 2 aromatic rings. The van der Waals surface area contributed by atoms with Crippen LogP contribution in [0.15, 0.2) is 24.3 Å². The van der Waals surface area contributed by atoms with Crippen molar-refractivity contribution in [3.63, 3.8) is 0 Å². The van der Waals surface area contributed by atoms with E-state index in [1.807, 2.05) is 0 Å². The van der Waals surface area contributed by atoms with E-state index in [0.717, 1.165) is 4.90 Å². The molecule has 0 radical (unpaired) electrons. The molecule has 0 bridgehead atoms. The van der Waals surface area contributed by atoms with Gasteiger partial charge in [0.2, 0.25) is 11.8 Å². The molecule has 0 aliphatic carbocycles. The van der Waals surface area contributed by atoms with Crippen LogP contribution in [-0.2, 0) is 9.59 Å². The van der Waals surface area contributed by atoms with E-state index in [0.29, 0.717) is 11.4 Å². The zero-order valence-electron chi connectivity index (χ0n) is 15.5. The monoisotopic (exact) mass is 487 g/mol. The third-order valence-corrected chi connectivity index (χ3v) is 6.17. The molecule has 4 amide bonds. The van der Waals surface area contributed by atoms with Crippen molar-refractivity contribution in [3.05, 3.63) is 55.5 Å². The second-order valence-electron chi connectivity index (χ2n) is 6.41. The van der Waals surface area contributed by atoms with Gasteiger partial charge in [-0.2, -0.15) is 0 Å². The van der Waals surface area contributed by atoms with Gasteiger partial charge < -0.3 is 10.6 Å². The fraction of sp³-hybridized carbons (Fsp3) is 0.158. The minimum atomic E-state index is -1.18. The minimum absolute atomic E-state index is 0.151. The summed E-state index contributed by atoms with van der Waals surface area (Å²) in [6.07, 6.45) is 0. The summed E-state index contributed by atoms with van der Waals surface area (Å²) in [5, 5.41) is 4.49. The summed E-state index contributed by atoms with van der Waals surface area (Å²) < 4.78 is 0. The van der Waals surface area contributed by atoms with E-state index in [1.54, 1.807) is 24.3 Å². The number of amides is 4. The average Bonchev–Trinajstić information content (AvgIpc) is 2.95. The van der Waals surface area contributed by atoms with Gasteiger partial charge in [0.25, 0.3) is 11.8 Å². The van der Waals surface area contributed by atoms with Crippen molar-refractivity contribution >= 4 is 81.4 Å². The zero-order valence-corrected chi connectivity index (χ0v) is 18.5. The smallest absolute Gasteiger partial charge is 0.263 e. The molecule has 1 heterocycles. The second-order valence-corrected chi connectivity index (χ2v) is 7.92. The summed E-state index contributed by atoms with van der Waals surface area (Å²) in [7, 11) is 0. The van der Waals surface area contributed by atoms with E-state index in [2.05, 4.69) is 10.6 Å². The molecule has 156 valence electrons. The molecular weight excluding hydrogens is 476 g/mol. The van der Waals surface area contributed by atoms with Crippen LogP contribution in [0.5, 0.6) is 0 Å². The molecule has 1 aliphatic heterocycles. The average molecular weight is 489 g/mol. The lowest BCUT2D eigenvalue weighted by molar-refractivity contribution is -0.119. The molecule has 0 saturated heterocycles. The number of hydrogen-bond acceptors (Lipinski definition) is 4. The number of carbonyl (C=O) groups is 4.